The van der Waals surface area contributed by atoms with Crippen LogP contribution >= 0.6 is 0 Å². The maximum absolute atomic E-state index is 12.4. The second-order valence-electron chi connectivity index (χ2n) is 5.65. The lowest BCUT2D eigenvalue weighted by Crippen LogP contribution is -2.56. The molecule has 0 radical (unpaired) electrons. The Morgan fingerprint density at radius 3 is 2.43 bits per heavy atom. The average Bonchev–Trinajstić information content (AvgIpc) is 2.94. The molecule has 114 valence electrons. The normalized spacial score (nSPS) is 21.8. The van der Waals surface area contributed by atoms with Gasteiger partial charge in [-0.1, -0.05) is 0 Å². The summed E-state index contributed by atoms with van der Waals surface area (Å²) in [4.78, 5) is 39.7. The lowest BCUT2D eigenvalue weighted by molar-refractivity contribution is -0.128. The molecule has 0 aliphatic carbocycles. The molecule has 0 unspecified atom stereocenters. The summed E-state index contributed by atoms with van der Waals surface area (Å²) in [5, 5.41) is 5.00. The Hall–Kier alpha value is -2.09. The first kappa shape index (κ1) is 13.9. The van der Waals surface area contributed by atoms with Gasteiger partial charge >= 0.3 is 0 Å². The summed E-state index contributed by atoms with van der Waals surface area (Å²) in [7, 11) is 1.90. The van der Waals surface area contributed by atoms with Crippen molar-refractivity contribution >= 4 is 11.8 Å². The van der Waals surface area contributed by atoms with E-state index < -0.39 is 11.1 Å². The maximum atomic E-state index is 12.4. The minimum absolute atomic E-state index is 0.0226. The standard InChI is InChI=1S/C13H18N4O4/c1-8-9(10(18)15-21-8)11(19)17-5-3-13(4-6-17)12(20)14-7-16(13)2/h3-7H2,1-2H3,(H,14,20)(H,15,18). The monoisotopic (exact) mass is 294 g/mol. The van der Waals surface area contributed by atoms with Gasteiger partial charge in [0.15, 0.2) is 0 Å². The number of H-pyrrole nitrogens is 1. The van der Waals surface area contributed by atoms with Crippen molar-refractivity contribution in [1.29, 1.82) is 0 Å². The fraction of sp³-hybridized carbons (Fsp3) is 0.615. The number of aryl methyl sites for hydroxylation is 1. The number of nitrogens with one attached hydrogen (secondary N) is 2. The Balaban J connectivity index is 1.76. The number of nitrogens with zero attached hydrogens (tertiary/aromatic N) is 2. The minimum atomic E-state index is -0.519. The molecule has 1 aromatic rings. The number of likely N-dealkylation sites (tertiary alicyclic amines) is 1. The molecule has 1 aromatic heterocycles. The molecule has 8 heteroatoms. The van der Waals surface area contributed by atoms with E-state index in [0.29, 0.717) is 38.4 Å². The zero-order chi connectivity index (χ0) is 15.2. The van der Waals surface area contributed by atoms with E-state index in [9.17, 15) is 14.4 Å². The molecule has 21 heavy (non-hydrogen) atoms. The van der Waals surface area contributed by atoms with E-state index in [1.807, 2.05) is 11.9 Å². The van der Waals surface area contributed by atoms with Crippen LogP contribution in [0.15, 0.2) is 9.32 Å². The number of aromatic amines is 1. The number of carbonyl (C=O) groups is 2. The van der Waals surface area contributed by atoms with E-state index in [1.165, 1.54) is 0 Å². The smallest absolute Gasteiger partial charge is 0.293 e. The van der Waals surface area contributed by atoms with Crippen molar-refractivity contribution in [2.45, 2.75) is 25.3 Å². The van der Waals surface area contributed by atoms with Gasteiger partial charge in [0, 0.05) is 13.1 Å². The molecule has 8 nitrogen and oxygen atoms in total. The van der Waals surface area contributed by atoms with Crippen molar-refractivity contribution in [2.75, 3.05) is 26.8 Å². The molecule has 1 spiro atoms. The van der Waals surface area contributed by atoms with Gasteiger partial charge in [-0.05, 0) is 26.8 Å². The summed E-state index contributed by atoms with van der Waals surface area (Å²) >= 11 is 0. The highest BCUT2D eigenvalue weighted by atomic mass is 16.5. The van der Waals surface area contributed by atoms with Gasteiger partial charge in [0.2, 0.25) is 5.91 Å². The first-order valence-corrected chi connectivity index (χ1v) is 6.92. The first-order chi connectivity index (χ1) is 9.95. The summed E-state index contributed by atoms with van der Waals surface area (Å²) in [6, 6.07) is 0. The van der Waals surface area contributed by atoms with E-state index in [4.69, 9.17) is 4.52 Å². The molecule has 2 aliphatic heterocycles. The van der Waals surface area contributed by atoms with Crippen molar-refractivity contribution in [2.24, 2.45) is 0 Å². The molecule has 2 N–H and O–H groups in total. The van der Waals surface area contributed by atoms with Gasteiger partial charge in [-0.25, -0.2) is 0 Å². The van der Waals surface area contributed by atoms with E-state index >= 15 is 0 Å². The number of piperidine rings is 1. The van der Waals surface area contributed by atoms with E-state index in [2.05, 4.69) is 10.5 Å². The average molecular weight is 294 g/mol. The zero-order valence-corrected chi connectivity index (χ0v) is 12.1. The Morgan fingerprint density at radius 1 is 1.29 bits per heavy atom. The quantitative estimate of drug-likeness (QED) is 0.711. The highest BCUT2D eigenvalue weighted by molar-refractivity contribution is 5.95. The fourth-order valence-corrected chi connectivity index (χ4v) is 3.16. The summed E-state index contributed by atoms with van der Waals surface area (Å²) < 4.78 is 4.88. The van der Waals surface area contributed by atoms with Crippen molar-refractivity contribution in [3.63, 3.8) is 0 Å². The molecule has 0 bridgehead atoms. The molecular formula is C13H18N4O4. The molecule has 2 amide bonds. The largest absolute Gasteiger partial charge is 0.383 e. The number of likely N-dealkylation sites (N-methyl/N-ethyl adjacent to an activating group) is 1. The predicted molar refractivity (Wildman–Crippen MR) is 72.7 cm³/mol. The van der Waals surface area contributed by atoms with Crippen LogP contribution in [0.4, 0.5) is 0 Å². The van der Waals surface area contributed by atoms with Gasteiger partial charge in [-0.15, -0.1) is 0 Å². The van der Waals surface area contributed by atoms with Crippen molar-refractivity contribution in [3.8, 4) is 0 Å². The topological polar surface area (TPSA) is 98.6 Å². The highest BCUT2D eigenvalue weighted by Crippen LogP contribution is 2.31. The van der Waals surface area contributed by atoms with Crippen LogP contribution in [0.2, 0.25) is 0 Å². The van der Waals surface area contributed by atoms with E-state index in [0.717, 1.165) is 0 Å². The van der Waals surface area contributed by atoms with Crippen molar-refractivity contribution in [3.05, 3.63) is 21.7 Å². The lowest BCUT2D eigenvalue weighted by Gasteiger charge is -2.40. The predicted octanol–water partition coefficient (Wildman–Crippen LogP) is -0.730. The van der Waals surface area contributed by atoms with Crippen LogP contribution < -0.4 is 10.9 Å². The molecule has 2 saturated heterocycles. The van der Waals surface area contributed by atoms with Crippen LogP contribution in [0, 0.1) is 6.92 Å². The Kier molecular flexibility index (Phi) is 3.12. The van der Waals surface area contributed by atoms with Crippen LogP contribution in [0.5, 0.6) is 0 Å². The number of rotatable bonds is 1. The molecule has 2 fully saturated rings. The Labute approximate surface area is 121 Å². The zero-order valence-electron chi connectivity index (χ0n) is 12.1. The third-order valence-corrected chi connectivity index (χ3v) is 4.60. The van der Waals surface area contributed by atoms with E-state index in [-0.39, 0.29) is 17.4 Å². The number of carbonyl (C=O) groups excluding carboxylic acids is 2. The van der Waals surface area contributed by atoms with Crippen LogP contribution in [0.25, 0.3) is 0 Å². The number of aromatic nitrogens is 1. The number of amides is 2. The molecule has 3 rings (SSSR count). The molecule has 0 aromatic carbocycles. The maximum Gasteiger partial charge on any atom is 0.293 e. The lowest BCUT2D eigenvalue weighted by atomic mass is 9.86. The summed E-state index contributed by atoms with van der Waals surface area (Å²) in [5.41, 5.74) is -0.974. The van der Waals surface area contributed by atoms with Crippen LogP contribution in [0.1, 0.15) is 29.0 Å². The Morgan fingerprint density at radius 2 is 1.95 bits per heavy atom. The van der Waals surface area contributed by atoms with Gasteiger partial charge in [-0.3, -0.25) is 19.3 Å². The third-order valence-electron chi connectivity index (χ3n) is 4.60. The minimum Gasteiger partial charge on any atom is -0.383 e. The van der Waals surface area contributed by atoms with Gasteiger partial charge in [0.05, 0.1) is 6.67 Å². The van der Waals surface area contributed by atoms with Crippen LogP contribution in [0.3, 0.4) is 0 Å². The van der Waals surface area contributed by atoms with Gasteiger partial charge in [0.1, 0.15) is 16.9 Å². The van der Waals surface area contributed by atoms with Crippen LogP contribution in [-0.2, 0) is 4.79 Å². The van der Waals surface area contributed by atoms with Crippen LogP contribution in [-0.4, -0.2) is 59.1 Å². The van der Waals surface area contributed by atoms with Crippen molar-refractivity contribution in [1.82, 2.24) is 20.3 Å². The summed E-state index contributed by atoms with van der Waals surface area (Å²) in [6.07, 6.45) is 1.13. The van der Waals surface area contributed by atoms with E-state index in [1.54, 1.807) is 11.8 Å². The molecular weight excluding hydrogens is 276 g/mol. The second-order valence-corrected chi connectivity index (χ2v) is 5.65. The second kappa shape index (κ2) is 4.73. The molecule has 2 aliphatic rings. The van der Waals surface area contributed by atoms with Gasteiger partial charge < -0.3 is 14.7 Å². The first-order valence-electron chi connectivity index (χ1n) is 6.92. The summed E-state index contributed by atoms with van der Waals surface area (Å²) in [5.74, 6) is -0.0196. The van der Waals surface area contributed by atoms with Crippen molar-refractivity contribution < 1.29 is 14.1 Å². The number of hydrogen-bond donors (Lipinski definition) is 2. The Bertz CT molecular complexity index is 639. The van der Waals surface area contributed by atoms with Gasteiger partial charge in [0.25, 0.3) is 11.5 Å². The highest BCUT2D eigenvalue weighted by Gasteiger charge is 2.49. The number of hydrogen-bond acceptors (Lipinski definition) is 5. The molecule has 0 atom stereocenters. The van der Waals surface area contributed by atoms with Gasteiger partial charge in [-0.2, -0.15) is 5.16 Å². The fourth-order valence-electron chi connectivity index (χ4n) is 3.16. The SMILES string of the molecule is Cc1o[nH]c(=O)c1C(=O)N1CCC2(CC1)C(=O)NCN2C. The molecule has 0 saturated carbocycles. The summed E-state index contributed by atoms with van der Waals surface area (Å²) in [6.45, 7) is 3.00. The molecule has 3 heterocycles. The third kappa shape index (κ3) is 1.98.